The topological polar surface area (TPSA) is 140 Å². The lowest BCUT2D eigenvalue weighted by Gasteiger charge is -2.36. The lowest BCUT2D eigenvalue weighted by molar-refractivity contribution is -0.389. The first-order valence-electron chi connectivity index (χ1n) is 17.7. The van der Waals surface area contributed by atoms with Crippen molar-refractivity contribution in [3.8, 4) is 22.6 Å². The minimum atomic E-state index is -6.33. The highest BCUT2D eigenvalue weighted by atomic mass is 19.4. The van der Waals surface area contributed by atoms with Gasteiger partial charge in [-0.2, -0.15) is 52.7 Å². The van der Waals surface area contributed by atoms with Crippen molar-refractivity contribution in [3.63, 3.8) is 0 Å². The first-order chi connectivity index (χ1) is 27.9. The van der Waals surface area contributed by atoms with Gasteiger partial charge in [-0.15, -0.1) is 0 Å². The second-order valence-electron chi connectivity index (χ2n) is 14.0. The summed E-state index contributed by atoms with van der Waals surface area (Å²) in [6.07, 6.45) is -31.6. The molecule has 2 unspecified atom stereocenters. The number of ether oxygens (including phenoxy) is 3. The third-order valence-electron chi connectivity index (χ3n) is 9.48. The number of halogens is 12. The molecule has 0 spiro atoms. The molecule has 0 amide bonds. The normalized spacial score (nSPS) is 14.0. The number of anilines is 2. The van der Waals surface area contributed by atoms with Crippen molar-refractivity contribution in [3.05, 3.63) is 107 Å². The Morgan fingerprint density at radius 2 is 0.984 bits per heavy atom. The molecule has 0 aromatic heterocycles. The van der Waals surface area contributed by atoms with Crippen LogP contribution in [0.4, 0.5) is 64.1 Å². The van der Waals surface area contributed by atoms with Gasteiger partial charge in [-0.1, -0.05) is 32.0 Å². The highest BCUT2D eigenvalue weighted by Gasteiger charge is 2.75. The molecule has 0 fully saturated rings. The van der Waals surface area contributed by atoms with Crippen molar-refractivity contribution in [2.45, 2.75) is 88.3 Å². The van der Waals surface area contributed by atoms with Crippen LogP contribution in [0.1, 0.15) is 65.5 Å². The molecule has 61 heavy (non-hydrogen) atoms. The minimum absolute atomic E-state index is 0.0223. The lowest BCUT2D eigenvalue weighted by atomic mass is 9.91. The fraction of sp³-hybridized carbons (Fsp3) is 0.350. The van der Waals surface area contributed by atoms with Crippen LogP contribution in [0.2, 0.25) is 0 Å². The molecule has 0 bridgehead atoms. The molecule has 2 atom stereocenters. The summed E-state index contributed by atoms with van der Waals surface area (Å²) in [6.45, 7) is 3.07. The number of hydrogen-bond acceptors (Lipinski definition) is 9. The predicted octanol–water partition coefficient (Wildman–Crippen LogP) is 10.3. The zero-order valence-electron chi connectivity index (χ0n) is 32.1. The van der Waals surface area contributed by atoms with Crippen LogP contribution < -0.4 is 15.8 Å². The molecule has 332 valence electrons. The first-order valence-corrected chi connectivity index (χ1v) is 17.7. The molecule has 4 rings (SSSR count). The first kappa shape index (κ1) is 48.0. The molecule has 9 nitrogen and oxygen atoms in total. The Bertz CT molecular complexity index is 2160. The van der Waals surface area contributed by atoms with Gasteiger partial charge in [0, 0.05) is 17.9 Å². The van der Waals surface area contributed by atoms with E-state index >= 15 is 0 Å². The van der Waals surface area contributed by atoms with Crippen LogP contribution in [0.25, 0.3) is 11.1 Å². The molecular weight excluding hydrogens is 848 g/mol. The Balaban J connectivity index is 1.71. The quantitative estimate of drug-likeness (QED) is 0.0587. The number of rotatable bonds is 13. The largest absolute Gasteiger partial charge is 0.457 e. The second-order valence-corrected chi connectivity index (χ2v) is 14.0. The van der Waals surface area contributed by atoms with Crippen LogP contribution in [0.5, 0.6) is 11.5 Å². The van der Waals surface area contributed by atoms with Crippen molar-refractivity contribution in [2.24, 2.45) is 0 Å². The van der Waals surface area contributed by atoms with Crippen LogP contribution in [0.3, 0.4) is 0 Å². The van der Waals surface area contributed by atoms with E-state index in [1.807, 2.05) is 0 Å². The third kappa shape index (κ3) is 10.1. The number of hydrogen-bond donors (Lipinski definition) is 4. The van der Waals surface area contributed by atoms with E-state index in [1.54, 1.807) is 24.3 Å². The average molecular weight is 885 g/mol. The highest BCUT2D eigenvalue weighted by Crippen LogP contribution is 2.48. The minimum Gasteiger partial charge on any atom is -0.457 e. The maximum absolute atomic E-state index is 13.6. The standard InChI is InChI=1S/C40H36F12N2O7/c1-20(2)32-18-24(6-16-31(32)34(56)60-22(4)36(58,39(47,48)49)40(50,51)52)23-5-15-30(33(55)59-21(3)35(57,37(41,42)43)38(44,45)46)25(17-23)19-54-27-9-13-29(14-10-27)61-28-11-7-26(53)8-12-28/h5-18,20-22,54,57-58H,19,53H2,1-4H3. The van der Waals surface area contributed by atoms with Crippen molar-refractivity contribution >= 4 is 23.3 Å². The zero-order valence-corrected chi connectivity index (χ0v) is 32.1. The summed E-state index contributed by atoms with van der Waals surface area (Å²) in [4.78, 5) is 26.3. The molecule has 0 aliphatic rings. The van der Waals surface area contributed by atoms with Gasteiger partial charge in [0.2, 0.25) is 0 Å². The van der Waals surface area contributed by atoms with Crippen LogP contribution in [0, 0.1) is 0 Å². The van der Waals surface area contributed by atoms with Crippen LogP contribution in [-0.2, 0) is 16.0 Å². The fourth-order valence-electron chi connectivity index (χ4n) is 5.90. The molecule has 4 aromatic rings. The van der Waals surface area contributed by atoms with Crippen molar-refractivity contribution in [1.82, 2.24) is 0 Å². The number of esters is 2. The number of benzene rings is 4. The summed E-state index contributed by atoms with van der Waals surface area (Å²) < 4.78 is 177. The maximum atomic E-state index is 13.6. The van der Waals surface area contributed by atoms with Gasteiger partial charge in [0.15, 0.2) is 0 Å². The number of nitrogens with two attached hydrogens (primary N) is 1. The van der Waals surface area contributed by atoms with E-state index in [0.717, 1.165) is 12.1 Å². The average Bonchev–Trinajstić information content (AvgIpc) is 3.15. The summed E-state index contributed by atoms with van der Waals surface area (Å²) >= 11 is 0. The SMILES string of the molecule is CC(C)c1cc(-c2ccc(C(=O)OC(C)C(O)(C(F)(F)F)C(F)(F)F)c(CNc3ccc(Oc4ccc(N)cc4)cc3)c2)ccc1C(=O)OC(C)C(O)(C(F)(F)F)C(F)(F)F. The Kier molecular flexibility index (Phi) is 13.6. The highest BCUT2D eigenvalue weighted by molar-refractivity contribution is 5.94. The molecule has 21 heteroatoms. The molecule has 0 aliphatic carbocycles. The second kappa shape index (κ2) is 17.3. The molecule has 0 saturated heterocycles. The molecule has 0 radical (unpaired) electrons. The van der Waals surface area contributed by atoms with E-state index in [-0.39, 0.29) is 42.6 Å². The Hall–Kier alpha value is -5.70. The van der Waals surface area contributed by atoms with Gasteiger partial charge < -0.3 is 35.5 Å². The van der Waals surface area contributed by atoms with Crippen molar-refractivity contribution < 1.29 is 86.7 Å². The van der Waals surface area contributed by atoms with E-state index in [9.17, 15) is 72.5 Å². The number of carbonyl (C=O) groups excluding carboxylic acids is 2. The number of alkyl halides is 12. The number of aliphatic hydroxyl groups is 2. The van der Waals surface area contributed by atoms with Crippen molar-refractivity contribution in [2.75, 3.05) is 11.1 Å². The van der Waals surface area contributed by atoms with Gasteiger partial charge in [0.05, 0.1) is 11.1 Å². The predicted molar refractivity (Wildman–Crippen MR) is 195 cm³/mol. The monoisotopic (exact) mass is 884 g/mol. The van der Waals surface area contributed by atoms with E-state index in [4.69, 9.17) is 10.5 Å². The van der Waals surface area contributed by atoms with Gasteiger partial charge in [0.25, 0.3) is 11.2 Å². The summed E-state index contributed by atoms with van der Waals surface area (Å²) in [5, 5.41) is 22.4. The molecule has 5 N–H and O–H groups in total. The molecule has 4 aromatic carbocycles. The van der Waals surface area contributed by atoms with E-state index in [0.29, 0.717) is 22.9 Å². The van der Waals surface area contributed by atoms with E-state index < -0.39 is 77.1 Å². The van der Waals surface area contributed by atoms with Crippen LogP contribution in [-0.4, -0.2) is 70.3 Å². The number of carbonyl (C=O) groups is 2. The van der Waals surface area contributed by atoms with Gasteiger partial charge >= 0.3 is 36.6 Å². The maximum Gasteiger partial charge on any atom is 0.430 e. The Morgan fingerprint density at radius 1 is 0.590 bits per heavy atom. The lowest BCUT2D eigenvalue weighted by Crippen LogP contribution is -2.64. The molecule has 0 aliphatic heterocycles. The molecular formula is C40H36F12N2O7. The molecule has 0 heterocycles. The summed E-state index contributed by atoms with van der Waals surface area (Å²) in [6, 6.07) is 19.5. The van der Waals surface area contributed by atoms with Crippen molar-refractivity contribution in [1.29, 1.82) is 0 Å². The smallest absolute Gasteiger partial charge is 0.430 e. The molecule has 0 saturated carbocycles. The van der Waals surface area contributed by atoms with Gasteiger partial charge in [-0.3, -0.25) is 0 Å². The van der Waals surface area contributed by atoms with E-state index in [1.165, 1.54) is 62.4 Å². The Morgan fingerprint density at radius 3 is 1.41 bits per heavy atom. The van der Waals surface area contributed by atoms with Crippen LogP contribution >= 0.6 is 0 Å². The van der Waals surface area contributed by atoms with E-state index in [2.05, 4.69) is 14.8 Å². The zero-order chi connectivity index (χ0) is 46.1. The number of nitrogen functional groups attached to an aromatic ring is 1. The summed E-state index contributed by atoms with van der Waals surface area (Å²) in [5.41, 5.74) is -5.10. The fourth-order valence-corrected chi connectivity index (χ4v) is 5.90. The number of nitrogens with one attached hydrogen (secondary N) is 1. The Labute approximate surface area is 339 Å². The third-order valence-corrected chi connectivity index (χ3v) is 9.48. The van der Waals surface area contributed by atoms with Gasteiger partial charge in [-0.25, -0.2) is 9.59 Å². The van der Waals surface area contributed by atoms with Crippen LogP contribution in [0.15, 0.2) is 84.9 Å². The van der Waals surface area contributed by atoms with Gasteiger partial charge in [-0.05, 0) is 109 Å². The summed E-state index contributed by atoms with van der Waals surface area (Å²) in [5.74, 6) is -3.21. The summed E-state index contributed by atoms with van der Waals surface area (Å²) in [7, 11) is 0. The van der Waals surface area contributed by atoms with Gasteiger partial charge in [0.1, 0.15) is 23.7 Å².